The third kappa shape index (κ3) is 5.17. The number of carbonyl (C=O) groups excluding carboxylic acids is 1. The molecule has 0 spiro atoms. The van der Waals surface area contributed by atoms with E-state index in [-0.39, 0.29) is 27.7 Å². The minimum absolute atomic E-state index is 0.127. The normalized spacial score (nSPS) is 18.0. The Kier molecular flexibility index (Phi) is 6.86. The highest BCUT2D eigenvalue weighted by Gasteiger charge is 2.45. The highest BCUT2D eigenvalue weighted by molar-refractivity contribution is 8.04. The Labute approximate surface area is 207 Å². The Morgan fingerprint density at radius 1 is 0.800 bits per heavy atom. The van der Waals surface area contributed by atoms with Gasteiger partial charge in [0.05, 0.1) is 16.3 Å². The summed E-state index contributed by atoms with van der Waals surface area (Å²) in [5.74, 6) is -0.254. The van der Waals surface area contributed by atoms with Crippen LogP contribution in [0.15, 0.2) is 101 Å². The van der Waals surface area contributed by atoms with Gasteiger partial charge < -0.3 is 4.90 Å². The van der Waals surface area contributed by atoms with Crippen LogP contribution in [-0.2, 0) is 20.0 Å². The van der Waals surface area contributed by atoms with Gasteiger partial charge in [-0.05, 0) is 48.2 Å². The molecule has 35 heavy (non-hydrogen) atoms. The summed E-state index contributed by atoms with van der Waals surface area (Å²) in [6.45, 7) is 3.98. The third-order valence-corrected chi connectivity index (χ3v) is 10.4. The summed E-state index contributed by atoms with van der Waals surface area (Å²) in [5, 5.41) is 0. The molecule has 4 rings (SSSR count). The van der Waals surface area contributed by atoms with Gasteiger partial charge in [0.25, 0.3) is 26.0 Å². The summed E-state index contributed by atoms with van der Waals surface area (Å²) in [6.07, 6.45) is 0.455. The number of rotatable bonds is 7. The molecule has 3 aromatic carbocycles. The maximum absolute atomic E-state index is 13.7. The number of amides is 1. The Balaban J connectivity index is 1.78. The van der Waals surface area contributed by atoms with E-state index in [1.165, 1.54) is 24.3 Å². The molecule has 0 N–H and O–H groups in total. The van der Waals surface area contributed by atoms with E-state index in [0.717, 1.165) is 0 Å². The van der Waals surface area contributed by atoms with Crippen LogP contribution in [0.4, 0.5) is 0 Å². The van der Waals surface area contributed by atoms with Crippen LogP contribution in [0, 0.1) is 5.41 Å². The lowest BCUT2D eigenvalue weighted by Crippen LogP contribution is -2.47. The lowest BCUT2D eigenvalue weighted by atomic mass is 9.91. The summed E-state index contributed by atoms with van der Waals surface area (Å²) in [7, 11) is -8.88. The number of nitrogens with zero attached hydrogens (tertiary/aromatic N) is 2. The smallest absolute Gasteiger partial charge is 0.256 e. The van der Waals surface area contributed by atoms with Crippen LogP contribution >= 0.6 is 0 Å². The second-order valence-corrected chi connectivity index (χ2v) is 13.4. The predicted molar refractivity (Wildman–Crippen MR) is 134 cm³/mol. The fourth-order valence-corrected chi connectivity index (χ4v) is 8.23. The highest BCUT2D eigenvalue weighted by atomic mass is 32.3. The van der Waals surface area contributed by atoms with E-state index < -0.39 is 26.1 Å². The summed E-state index contributed by atoms with van der Waals surface area (Å²) in [6, 6.07) is 23.1. The Bertz CT molecular complexity index is 1320. The maximum atomic E-state index is 13.7. The second-order valence-electron chi connectivity index (χ2n) is 9.41. The lowest BCUT2D eigenvalue weighted by molar-refractivity contribution is 0.0720. The molecule has 0 saturated carbocycles. The molecule has 0 bridgehead atoms. The molecule has 184 valence electrons. The maximum Gasteiger partial charge on any atom is 0.256 e. The fourth-order valence-electron chi connectivity index (χ4n) is 4.47. The number of sulfonamides is 2. The molecule has 1 fully saturated rings. The molecule has 0 radical (unpaired) electrons. The number of benzene rings is 3. The minimum atomic E-state index is -4.44. The van der Waals surface area contributed by atoms with Gasteiger partial charge in [-0.15, -0.1) is 0 Å². The van der Waals surface area contributed by atoms with E-state index in [1.54, 1.807) is 65.6 Å². The average Bonchev–Trinajstić information content (AvgIpc) is 3.17. The molecule has 1 aliphatic rings. The average molecular weight is 513 g/mol. The molecule has 1 saturated heterocycles. The van der Waals surface area contributed by atoms with Crippen LogP contribution in [0.5, 0.6) is 0 Å². The summed E-state index contributed by atoms with van der Waals surface area (Å²) in [4.78, 5) is 14.7. The Hall–Kier alpha value is -3.01. The van der Waals surface area contributed by atoms with Crippen molar-refractivity contribution in [3.05, 3.63) is 96.6 Å². The monoisotopic (exact) mass is 512 g/mol. The van der Waals surface area contributed by atoms with E-state index in [9.17, 15) is 21.6 Å². The number of carbonyl (C=O) groups is 1. The predicted octanol–water partition coefficient (Wildman–Crippen LogP) is 4.01. The first kappa shape index (κ1) is 25.1. The quantitative estimate of drug-likeness (QED) is 0.477. The SMILES string of the molecule is CC1(C)CC(CN(S(=O)(=O)c2ccccc2)S(=O)(=O)c2ccccc2)N(C(=O)c2ccccc2)C1. The summed E-state index contributed by atoms with van der Waals surface area (Å²) in [5.41, 5.74) is 0.159. The molecule has 0 aromatic heterocycles. The van der Waals surface area contributed by atoms with Crippen molar-refractivity contribution in [3.8, 4) is 0 Å². The van der Waals surface area contributed by atoms with Crippen LogP contribution in [-0.4, -0.2) is 50.5 Å². The summed E-state index contributed by atoms with van der Waals surface area (Å²) >= 11 is 0. The molecule has 9 heteroatoms. The second kappa shape index (κ2) is 9.56. The van der Waals surface area contributed by atoms with Crippen molar-refractivity contribution in [1.29, 1.82) is 0 Å². The minimum Gasteiger partial charge on any atom is -0.334 e. The standard InChI is InChI=1S/C26H28N2O5S2/c1-26(2)18-22(27(20-26)25(29)21-12-6-3-7-13-21)19-28(34(30,31)23-14-8-4-9-15-23)35(32,33)24-16-10-5-11-17-24/h3-17,22H,18-20H2,1-2H3. The first-order valence-electron chi connectivity index (χ1n) is 11.3. The van der Waals surface area contributed by atoms with Gasteiger partial charge in [0, 0.05) is 18.2 Å². The van der Waals surface area contributed by atoms with Crippen molar-refractivity contribution in [2.75, 3.05) is 13.1 Å². The number of hydrogen-bond donors (Lipinski definition) is 0. The van der Waals surface area contributed by atoms with E-state index in [2.05, 4.69) is 0 Å². The largest absolute Gasteiger partial charge is 0.334 e. The van der Waals surface area contributed by atoms with E-state index in [4.69, 9.17) is 0 Å². The van der Waals surface area contributed by atoms with Gasteiger partial charge in [0.15, 0.2) is 0 Å². The lowest BCUT2D eigenvalue weighted by Gasteiger charge is -2.30. The van der Waals surface area contributed by atoms with Gasteiger partial charge in [0.1, 0.15) is 0 Å². The van der Waals surface area contributed by atoms with Crippen molar-refractivity contribution in [2.45, 2.75) is 36.1 Å². The van der Waals surface area contributed by atoms with Crippen molar-refractivity contribution < 1.29 is 21.6 Å². The topological polar surface area (TPSA) is 91.8 Å². The van der Waals surface area contributed by atoms with Crippen LogP contribution in [0.1, 0.15) is 30.6 Å². The van der Waals surface area contributed by atoms with Crippen LogP contribution in [0.2, 0.25) is 0 Å². The van der Waals surface area contributed by atoms with Gasteiger partial charge in [-0.2, -0.15) is 0 Å². The molecule has 1 atom stereocenters. The zero-order valence-corrected chi connectivity index (χ0v) is 21.2. The van der Waals surface area contributed by atoms with Crippen LogP contribution < -0.4 is 0 Å². The van der Waals surface area contributed by atoms with Crippen LogP contribution in [0.3, 0.4) is 0 Å². The van der Waals surface area contributed by atoms with E-state index in [0.29, 0.717) is 22.2 Å². The van der Waals surface area contributed by atoms with E-state index in [1.807, 2.05) is 19.9 Å². The third-order valence-electron chi connectivity index (χ3n) is 6.09. The first-order chi connectivity index (χ1) is 16.5. The zero-order chi connectivity index (χ0) is 25.3. The number of hydrogen-bond acceptors (Lipinski definition) is 5. The summed E-state index contributed by atoms with van der Waals surface area (Å²) < 4.78 is 55.3. The molecule has 1 amide bonds. The van der Waals surface area contributed by atoms with Crippen molar-refractivity contribution in [1.82, 2.24) is 8.61 Å². The fraction of sp³-hybridized carbons (Fsp3) is 0.269. The number of likely N-dealkylation sites (tertiary alicyclic amines) is 1. The van der Waals surface area contributed by atoms with Crippen molar-refractivity contribution in [2.24, 2.45) is 5.41 Å². The zero-order valence-electron chi connectivity index (χ0n) is 19.6. The van der Waals surface area contributed by atoms with Gasteiger partial charge in [-0.1, -0.05) is 72.2 Å². The first-order valence-corrected chi connectivity index (χ1v) is 14.1. The highest BCUT2D eigenvalue weighted by Crippen LogP contribution is 2.37. The molecule has 7 nitrogen and oxygen atoms in total. The van der Waals surface area contributed by atoms with Gasteiger partial charge in [-0.25, -0.2) is 16.8 Å². The van der Waals surface area contributed by atoms with Crippen LogP contribution in [0.25, 0.3) is 0 Å². The molecule has 1 heterocycles. The van der Waals surface area contributed by atoms with Gasteiger partial charge in [-0.3, -0.25) is 4.79 Å². The van der Waals surface area contributed by atoms with Crippen molar-refractivity contribution in [3.63, 3.8) is 0 Å². The van der Waals surface area contributed by atoms with Gasteiger partial charge in [0.2, 0.25) is 0 Å². The molecule has 0 aliphatic carbocycles. The molecular weight excluding hydrogens is 484 g/mol. The van der Waals surface area contributed by atoms with Gasteiger partial charge >= 0.3 is 0 Å². The molecule has 1 aliphatic heterocycles. The Morgan fingerprint density at radius 2 is 1.23 bits per heavy atom. The Morgan fingerprint density at radius 3 is 1.69 bits per heavy atom. The van der Waals surface area contributed by atoms with Crippen molar-refractivity contribution >= 4 is 26.0 Å². The molecule has 3 aromatic rings. The van der Waals surface area contributed by atoms with E-state index >= 15 is 0 Å². The molecular formula is C26H28N2O5S2. The molecule has 1 unspecified atom stereocenters.